The Bertz CT molecular complexity index is 556. The molecule has 0 bridgehead atoms. The highest BCUT2D eigenvalue weighted by atomic mass is 35.5. The third-order valence-electron chi connectivity index (χ3n) is 2.43. The molecular formula is C11H11ClN4OS. The highest BCUT2D eigenvalue weighted by Crippen LogP contribution is 2.23. The third-order valence-corrected chi connectivity index (χ3v) is 3.40. The molecular weight excluding hydrogens is 272 g/mol. The van der Waals surface area contributed by atoms with Crippen molar-refractivity contribution >= 4 is 40.8 Å². The second-order valence-corrected chi connectivity index (χ2v) is 4.90. The lowest BCUT2D eigenvalue weighted by atomic mass is 10.1. The minimum atomic E-state index is -0.193. The van der Waals surface area contributed by atoms with Crippen molar-refractivity contribution in [3.63, 3.8) is 0 Å². The normalized spacial score (nSPS) is 14.8. The van der Waals surface area contributed by atoms with Gasteiger partial charge in [-0.05, 0) is 29.5 Å². The first-order valence-electron chi connectivity index (χ1n) is 5.15. The summed E-state index contributed by atoms with van der Waals surface area (Å²) in [4.78, 5) is 19.6. The van der Waals surface area contributed by atoms with Crippen molar-refractivity contribution in [3.8, 4) is 0 Å². The van der Waals surface area contributed by atoms with Gasteiger partial charge in [0.1, 0.15) is 5.69 Å². The Morgan fingerprint density at radius 3 is 3.06 bits per heavy atom. The molecule has 0 fully saturated rings. The molecule has 18 heavy (non-hydrogen) atoms. The first-order valence-corrected chi connectivity index (χ1v) is 6.58. The third kappa shape index (κ3) is 2.83. The zero-order valence-corrected chi connectivity index (χ0v) is 11.2. The molecule has 0 saturated heterocycles. The summed E-state index contributed by atoms with van der Waals surface area (Å²) >= 11 is 7.16. The maximum atomic E-state index is 12.1. The summed E-state index contributed by atoms with van der Waals surface area (Å²) in [6.07, 6.45) is 3.30. The fourth-order valence-corrected chi connectivity index (χ4v) is 2.47. The Hall–Kier alpha value is -1.53. The van der Waals surface area contributed by atoms with Crippen molar-refractivity contribution in [3.05, 3.63) is 34.1 Å². The second kappa shape index (κ2) is 5.41. The molecule has 1 aliphatic rings. The fourth-order valence-electron chi connectivity index (χ4n) is 1.41. The van der Waals surface area contributed by atoms with E-state index in [4.69, 9.17) is 17.3 Å². The minimum absolute atomic E-state index is 0.0528. The lowest BCUT2D eigenvalue weighted by molar-refractivity contribution is -0.112. The lowest BCUT2D eigenvalue weighted by Gasteiger charge is -2.13. The van der Waals surface area contributed by atoms with Crippen LogP contribution < -0.4 is 11.1 Å². The first kappa shape index (κ1) is 12.9. The molecule has 0 atom stereocenters. The summed E-state index contributed by atoms with van der Waals surface area (Å²) in [5.41, 5.74) is 7.68. The van der Waals surface area contributed by atoms with Crippen molar-refractivity contribution in [1.82, 2.24) is 9.97 Å². The van der Waals surface area contributed by atoms with Crippen LogP contribution in [0.4, 0.5) is 11.5 Å². The summed E-state index contributed by atoms with van der Waals surface area (Å²) in [5.74, 6) is 0.602. The smallest absolute Gasteiger partial charge is 0.252 e. The van der Waals surface area contributed by atoms with Gasteiger partial charge in [0.05, 0.1) is 6.20 Å². The molecule has 2 heterocycles. The van der Waals surface area contributed by atoms with Crippen LogP contribution in [0.2, 0.25) is 5.28 Å². The number of hydrogen-bond donors (Lipinski definition) is 2. The summed E-state index contributed by atoms with van der Waals surface area (Å²) in [7, 11) is 0. The molecule has 0 aromatic carbocycles. The number of thioether (sulfide) groups is 1. The summed E-state index contributed by atoms with van der Waals surface area (Å²) in [5, 5.41) is 4.70. The van der Waals surface area contributed by atoms with Crippen molar-refractivity contribution in [2.24, 2.45) is 0 Å². The standard InChI is InChI=1S/C11H11ClN4OS/c1-6-2-3-18-5-7(6)10(17)15-8-4-14-11(12)16-9(8)13/h2-4H,5H2,1H3,(H,15,17)(H2,13,14,16). The van der Waals surface area contributed by atoms with Gasteiger partial charge in [0.15, 0.2) is 5.82 Å². The van der Waals surface area contributed by atoms with Crippen LogP contribution in [-0.2, 0) is 4.79 Å². The lowest BCUT2D eigenvalue weighted by Crippen LogP contribution is -2.19. The number of nitrogens with zero attached hydrogens (tertiary/aromatic N) is 2. The largest absolute Gasteiger partial charge is 0.382 e. The maximum Gasteiger partial charge on any atom is 0.252 e. The van der Waals surface area contributed by atoms with Gasteiger partial charge in [0.2, 0.25) is 5.28 Å². The van der Waals surface area contributed by atoms with E-state index in [9.17, 15) is 4.79 Å². The fraction of sp³-hybridized carbons (Fsp3) is 0.182. The number of aromatic nitrogens is 2. The number of rotatable bonds is 2. The number of allylic oxidation sites excluding steroid dienone is 2. The summed E-state index contributed by atoms with van der Waals surface area (Å²) in [6.45, 7) is 1.90. The van der Waals surface area contributed by atoms with Crippen molar-refractivity contribution in [2.45, 2.75) is 6.92 Å². The molecule has 0 spiro atoms. The van der Waals surface area contributed by atoms with Crippen molar-refractivity contribution in [1.29, 1.82) is 0 Å². The van der Waals surface area contributed by atoms with E-state index in [0.29, 0.717) is 11.4 Å². The van der Waals surface area contributed by atoms with Crippen LogP contribution in [0.25, 0.3) is 0 Å². The Balaban J connectivity index is 2.19. The molecule has 1 aliphatic heterocycles. The molecule has 0 aliphatic carbocycles. The quantitative estimate of drug-likeness (QED) is 0.813. The van der Waals surface area contributed by atoms with E-state index in [1.165, 1.54) is 6.20 Å². The van der Waals surface area contributed by atoms with E-state index in [1.54, 1.807) is 11.8 Å². The number of nitrogen functional groups attached to an aromatic ring is 1. The van der Waals surface area contributed by atoms with Crippen LogP contribution >= 0.6 is 23.4 Å². The van der Waals surface area contributed by atoms with Gasteiger partial charge in [0.25, 0.3) is 5.91 Å². The molecule has 7 heteroatoms. The molecule has 1 amide bonds. The van der Waals surface area contributed by atoms with Crippen LogP contribution in [0, 0.1) is 0 Å². The van der Waals surface area contributed by atoms with Crippen LogP contribution in [0.15, 0.2) is 28.8 Å². The molecule has 3 N–H and O–H groups in total. The molecule has 0 unspecified atom stereocenters. The average Bonchev–Trinajstić information content (AvgIpc) is 2.33. The van der Waals surface area contributed by atoms with E-state index in [1.807, 2.05) is 18.4 Å². The van der Waals surface area contributed by atoms with E-state index in [2.05, 4.69) is 15.3 Å². The Labute approximate surface area is 114 Å². The number of hydrogen-bond acceptors (Lipinski definition) is 5. The maximum absolute atomic E-state index is 12.1. The van der Waals surface area contributed by atoms with Crippen LogP contribution in [0.5, 0.6) is 0 Å². The van der Waals surface area contributed by atoms with E-state index < -0.39 is 0 Å². The van der Waals surface area contributed by atoms with Crippen LogP contribution in [0.3, 0.4) is 0 Å². The number of anilines is 2. The molecule has 94 valence electrons. The highest BCUT2D eigenvalue weighted by molar-refractivity contribution is 8.02. The molecule has 0 radical (unpaired) electrons. The Kier molecular flexibility index (Phi) is 3.88. The summed E-state index contributed by atoms with van der Waals surface area (Å²) < 4.78 is 0. The number of nitrogens with one attached hydrogen (secondary N) is 1. The van der Waals surface area contributed by atoms with Gasteiger partial charge in [-0.1, -0.05) is 6.08 Å². The van der Waals surface area contributed by atoms with Gasteiger partial charge in [-0.25, -0.2) is 4.98 Å². The van der Waals surface area contributed by atoms with Gasteiger partial charge in [-0.3, -0.25) is 4.79 Å². The zero-order chi connectivity index (χ0) is 13.1. The molecule has 2 rings (SSSR count). The van der Waals surface area contributed by atoms with Crippen molar-refractivity contribution in [2.75, 3.05) is 16.8 Å². The number of halogens is 1. The van der Waals surface area contributed by atoms with E-state index >= 15 is 0 Å². The Morgan fingerprint density at radius 1 is 1.61 bits per heavy atom. The monoisotopic (exact) mass is 282 g/mol. The number of amides is 1. The van der Waals surface area contributed by atoms with Crippen LogP contribution in [0.1, 0.15) is 6.92 Å². The highest BCUT2D eigenvalue weighted by Gasteiger charge is 2.16. The van der Waals surface area contributed by atoms with E-state index in [0.717, 1.165) is 11.1 Å². The Morgan fingerprint density at radius 2 is 2.39 bits per heavy atom. The minimum Gasteiger partial charge on any atom is -0.382 e. The predicted octanol–water partition coefficient (Wildman–Crippen LogP) is 2.23. The van der Waals surface area contributed by atoms with Gasteiger partial charge in [-0.15, -0.1) is 11.8 Å². The first-order chi connectivity index (χ1) is 8.58. The number of nitrogens with two attached hydrogens (primary N) is 1. The van der Waals surface area contributed by atoms with Crippen LogP contribution in [-0.4, -0.2) is 21.6 Å². The van der Waals surface area contributed by atoms with Gasteiger partial charge in [-0.2, -0.15) is 4.98 Å². The van der Waals surface area contributed by atoms with Gasteiger partial charge in [0, 0.05) is 11.3 Å². The van der Waals surface area contributed by atoms with E-state index in [-0.39, 0.29) is 17.0 Å². The second-order valence-electron chi connectivity index (χ2n) is 3.67. The molecule has 1 aromatic heterocycles. The topological polar surface area (TPSA) is 80.9 Å². The molecule has 5 nitrogen and oxygen atoms in total. The molecule has 1 aromatic rings. The SMILES string of the molecule is CC1=C(C(=O)Nc2cnc(Cl)nc2N)CSC=C1. The predicted molar refractivity (Wildman–Crippen MR) is 74.4 cm³/mol. The molecule has 0 saturated carbocycles. The van der Waals surface area contributed by atoms with Gasteiger partial charge < -0.3 is 11.1 Å². The van der Waals surface area contributed by atoms with Crippen molar-refractivity contribution < 1.29 is 4.79 Å². The number of carbonyl (C=O) groups excluding carboxylic acids is 1. The van der Waals surface area contributed by atoms with Gasteiger partial charge >= 0.3 is 0 Å². The average molecular weight is 283 g/mol. The zero-order valence-electron chi connectivity index (χ0n) is 9.61. The summed E-state index contributed by atoms with van der Waals surface area (Å²) in [6, 6.07) is 0. The number of carbonyl (C=O) groups is 1.